The van der Waals surface area contributed by atoms with Crippen molar-refractivity contribution in [2.24, 2.45) is 0 Å². The van der Waals surface area contributed by atoms with Crippen LogP contribution in [-0.2, 0) is 29.4 Å². The SMILES string of the molecule is Nc1cc(CS(=O)c2ccc3c(c2)CCC3)ccc1Br. The first-order valence-corrected chi connectivity index (χ1v) is 8.79. The summed E-state index contributed by atoms with van der Waals surface area (Å²) in [6.45, 7) is 0. The summed E-state index contributed by atoms with van der Waals surface area (Å²) < 4.78 is 13.3. The molecule has 0 amide bonds. The second-order valence-corrected chi connectivity index (χ2v) is 7.44. The largest absolute Gasteiger partial charge is 0.398 e. The zero-order chi connectivity index (χ0) is 14.1. The topological polar surface area (TPSA) is 43.1 Å². The summed E-state index contributed by atoms with van der Waals surface area (Å²) in [7, 11) is -1.01. The molecule has 2 aromatic carbocycles. The molecular formula is C16H16BrNOS. The maximum atomic E-state index is 12.5. The third kappa shape index (κ3) is 2.81. The molecule has 104 valence electrons. The molecule has 1 atom stereocenters. The highest BCUT2D eigenvalue weighted by molar-refractivity contribution is 9.10. The van der Waals surface area contributed by atoms with Crippen molar-refractivity contribution < 1.29 is 4.21 Å². The van der Waals surface area contributed by atoms with Crippen LogP contribution >= 0.6 is 15.9 Å². The van der Waals surface area contributed by atoms with Crippen molar-refractivity contribution in [3.05, 3.63) is 57.6 Å². The highest BCUT2D eigenvalue weighted by Gasteiger charge is 2.13. The third-order valence-electron chi connectivity index (χ3n) is 3.69. The Morgan fingerprint density at radius 2 is 1.90 bits per heavy atom. The first-order valence-electron chi connectivity index (χ1n) is 6.67. The maximum Gasteiger partial charge on any atom is 0.0574 e. The van der Waals surface area contributed by atoms with Crippen molar-refractivity contribution in [2.75, 3.05) is 5.73 Å². The van der Waals surface area contributed by atoms with Gasteiger partial charge in [-0.1, -0.05) is 12.1 Å². The lowest BCUT2D eigenvalue weighted by molar-refractivity contribution is 0.682. The van der Waals surface area contributed by atoms with E-state index in [1.54, 1.807) is 0 Å². The van der Waals surface area contributed by atoms with Gasteiger partial charge in [-0.05, 0) is 76.1 Å². The van der Waals surface area contributed by atoms with E-state index in [9.17, 15) is 4.21 Å². The number of anilines is 1. The number of nitrogen functional groups attached to an aromatic ring is 1. The molecule has 0 saturated heterocycles. The molecule has 0 radical (unpaired) electrons. The molecule has 2 N–H and O–H groups in total. The minimum absolute atomic E-state index is 0.510. The van der Waals surface area contributed by atoms with Gasteiger partial charge in [-0.15, -0.1) is 0 Å². The predicted molar refractivity (Wildman–Crippen MR) is 87.1 cm³/mol. The molecule has 1 aliphatic rings. The van der Waals surface area contributed by atoms with E-state index in [4.69, 9.17) is 5.73 Å². The van der Waals surface area contributed by atoms with E-state index in [1.165, 1.54) is 17.5 Å². The fourth-order valence-corrected chi connectivity index (χ4v) is 4.00. The van der Waals surface area contributed by atoms with Gasteiger partial charge in [0.25, 0.3) is 0 Å². The minimum atomic E-state index is -1.01. The standard InChI is InChI=1S/C16H16BrNOS/c17-15-7-4-11(8-16(15)18)10-20(19)14-6-5-12-2-1-3-13(12)9-14/h4-9H,1-3,10,18H2. The highest BCUT2D eigenvalue weighted by Crippen LogP contribution is 2.26. The number of benzene rings is 2. The van der Waals surface area contributed by atoms with E-state index in [1.807, 2.05) is 24.3 Å². The zero-order valence-corrected chi connectivity index (χ0v) is 13.5. The molecule has 3 rings (SSSR count). The van der Waals surface area contributed by atoms with Gasteiger partial charge in [0.1, 0.15) is 0 Å². The van der Waals surface area contributed by atoms with Crippen LogP contribution in [0.3, 0.4) is 0 Å². The Kier molecular flexibility index (Phi) is 3.94. The van der Waals surface area contributed by atoms with Gasteiger partial charge in [0.05, 0.1) is 16.6 Å². The van der Waals surface area contributed by atoms with Crippen molar-refractivity contribution in [3.63, 3.8) is 0 Å². The first kappa shape index (κ1) is 13.8. The number of hydrogen-bond donors (Lipinski definition) is 1. The first-order chi connectivity index (χ1) is 9.63. The number of fused-ring (bicyclic) bond motifs is 1. The Labute approximate surface area is 130 Å². The molecule has 2 nitrogen and oxygen atoms in total. The molecule has 0 heterocycles. The molecule has 0 bridgehead atoms. The molecule has 2 aromatic rings. The van der Waals surface area contributed by atoms with Gasteiger partial charge in [0.2, 0.25) is 0 Å². The summed E-state index contributed by atoms with van der Waals surface area (Å²) in [4.78, 5) is 0.923. The molecular weight excluding hydrogens is 334 g/mol. The number of aryl methyl sites for hydroxylation is 2. The van der Waals surface area contributed by atoms with Crippen LogP contribution in [0.25, 0.3) is 0 Å². The number of hydrogen-bond acceptors (Lipinski definition) is 2. The van der Waals surface area contributed by atoms with E-state index in [2.05, 4.69) is 28.1 Å². The Balaban J connectivity index is 1.80. The normalized spacial score (nSPS) is 15.1. The van der Waals surface area contributed by atoms with Crippen LogP contribution in [-0.4, -0.2) is 4.21 Å². The van der Waals surface area contributed by atoms with Gasteiger partial charge in [0.15, 0.2) is 0 Å². The van der Waals surface area contributed by atoms with Gasteiger partial charge >= 0.3 is 0 Å². The quantitative estimate of drug-likeness (QED) is 0.855. The van der Waals surface area contributed by atoms with Crippen LogP contribution in [0.5, 0.6) is 0 Å². The average molecular weight is 350 g/mol. The fraction of sp³-hybridized carbons (Fsp3) is 0.250. The van der Waals surface area contributed by atoms with Crippen molar-refractivity contribution in [1.82, 2.24) is 0 Å². The Morgan fingerprint density at radius 3 is 2.70 bits per heavy atom. The molecule has 20 heavy (non-hydrogen) atoms. The lowest BCUT2D eigenvalue weighted by Gasteiger charge is -2.07. The Bertz CT molecular complexity index is 684. The van der Waals surface area contributed by atoms with Crippen LogP contribution in [0, 0.1) is 0 Å². The fourth-order valence-electron chi connectivity index (χ4n) is 2.61. The molecule has 1 aliphatic carbocycles. The van der Waals surface area contributed by atoms with E-state index in [0.29, 0.717) is 11.4 Å². The van der Waals surface area contributed by atoms with Crippen LogP contribution < -0.4 is 5.73 Å². The highest BCUT2D eigenvalue weighted by atomic mass is 79.9. The van der Waals surface area contributed by atoms with E-state index < -0.39 is 10.8 Å². The summed E-state index contributed by atoms with van der Waals surface area (Å²) in [5.41, 5.74) is 10.3. The second kappa shape index (κ2) is 5.70. The van der Waals surface area contributed by atoms with Gasteiger partial charge in [-0.2, -0.15) is 0 Å². The van der Waals surface area contributed by atoms with Crippen LogP contribution in [0.2, 0.25) is 0 Å². The smallest absolute Gasteiger partial charge is 0.0574 e. The summed E-state index contributed by atoms with van der Waals surface area (Å²) in [6, 6.07) is 12.0. The Morgan fingerprint density at radius 1 is 1.10 bits per heavy atom. The number of rotatable bonds is 3. The summed E-state index contributed by atoms with van der Waals surface area (Å²) in [5, 5.41) is 0. The molecule has 4 heteroatoms. The average Bonchev–Trinajstić information content (AvgIpc) is 2.90. The summed E-state index contributed by atoms with van der Waals surface area (Å²) >= 11 is 3.37. The van der Waals surface area contributed by atoms with E-state index >= 15 is 0 Å². The molecule has 0 saturated carbocycles. The van der Waals surface area contributed by atoms with Crippen LogP contribution in [0.4, 0.5) is 5.69 Å². The maximum absolute atomic E-state index is 12.5. The lowest BCUT2D eigenvalue weighted by Crippen LogP contribution is -1.99. The van der Waals surface area contributed by atoms with Crippen molar-refractivity contribution in [1.29, 1.82) is 0 Å². The molecule has 1 unspecified atom stereocenters. The van der Waals surface area contributed by atoms with E-state index in [-0.39, 0.29) is 0 Å². The van der Waals surface area contributed by atoms with Crippen molar-refractivity contribution in [3.8, 4) is 0 Å². The predicted octanol–water partition coefficient (Wildman–Crippen LogP) is 3.83. The third-order valence-corrected chi connectivity index (χ3v) is 5.79. The molecule has 0 aliphatic heterocycles. The zero-order valence-electron chi connectivity index (χ0n) is 11.1. The Hall–Kier alpha value is -1.13. The molecule has 0 fully saturated rings. The van der Waals surface area contributed by atoms with Crippen LogP contribution in [0.1, 0.15) is 23.1 Å². The lowest BCUT2D eigenvalue weighted by atomic mass is 10.1. The minimum Gasteiger partial charge on any atom is -0.398 e. The van der Waals surface area contributed by atoms with Crippen LogP contribution in [0.15, 0.2) is 45.8 Å². The molecule has 0 spiro atoms. The summed E-state index contributed by atoms with van der Waals surface area (Å²) in [6.07, 6.45) is 3.49. The van der Waals surface area contributed by atoms with Crippen molar-refractivity contribution in [2.45, 2.75) is 29.9 Å². The summed E-state index contributed by atoms with van der Waals surface area (Å²) in [5.74, 6) is 0.510. The van der Waals surface area contributed by atoms with Gasteiger partial charge < -0.3 is 5.73 Å². The van der Waals surface area contributed by atoms with Crippen molar-refractivity contribution >= 4 is 32.4 Å². The monoisotopic (exact) mass is 349 g/mol. The van der Waals surface area contributed by atoms with Gasteiger partial charge in [-0.3, -0.25) is 4.21 Å². The molecule has 0 aromatic heterocycles. The van der Waals surface area contributed by atoms with Gasteiger partial charge in [-0.25, -0.2) is 0 Å². The number of nitrogens with two attached hydrogens (primary N) is 1. The second-order valence-electron chi connectivity index (χ2n) is 5.13. The van der Waals surface area contributed by atoms with E-state index in [0.717, 1.165) is 27.8 Å². The van der Waals surface area contributed by atoms with Gasteiger partial charge in [0, 0.05) is 15.1 Å². The number of halogens is 1.